The molecule has 2 unspecified atom stereocenters. The van der Waals surface area contributed by atoms with Crippen molar-refractivity contribution < 1.29 is 44.0 Å². The summed E-state index contributed by atoms with van der Waals surface area (Å²) in [7, 11) is -0.340. The Morgan fingerprint density at radius 2 is 1.03 bits per heavy atom. The summed E-state index contributed by atoms with van der Waals surface area (Å²) in [5.74, 6) is 0. The number of allylic oxidation sites excluding steroid dienone is 2. The molecule has 2 aliphatic rings. The Morgan fingerprint density at radius 1 is 0.636 bits per heavy atom. The molecule has 2 aromatic rings. The molecule has 0 saturated carbocycles. The van der Waals surface area contributed by atoms with E-state index in [2.05, 4.69) is 116 Å². The molecule has 0 bridgehead atoms. The smallest absolute Gasteiger partial charge is 1.00 e. The van der Waals surface area contributed by atoms with Crippen LogP contribution in [-0.4, -0.2) is 23.6 Å². The predicted octanol–water partition coefficient (Wildman–Crippen LogP) is 3.09. The molecule has 0 N–H and O–H groups in total. The summed E-state index contributed by atoms with van der Waals surface area (Å²) in [4.78, 5) is 0. The molecule has 2 aromatic carbocycles. The van der Waals surface area contributed by atoms with Crippen molar-refractivity contribution in [1.29, 1.82) is 0 Å². The molecule has 0 aliphatic heterocycles. The zero-order chi connectivity index (χ0) is 22.6. The maximum Gasteiger partial charge on any atom is -1.00 e. The van der Waals surface area contributed by atoms with E-state index in [4.69, 9.17) is 0 Å². The van der Waals surface area contributed by atoms with Gasteiger partial charge in [-0.1, -0.05) is 0 Å². The van der Waals surface area contributed by atoms with Gasteiger partial charge in [0.15, 0.2) is 0 Å². The maximum absolute atomic E-state index is 2.61. The van der Waals surface area contributed by atoms with Gasteiger partial charge in [-0.05, 0) is 0 Å². The van der Waals surface area contributed by atoms with Crippen molar-refractivity contribution in [3.8, 4) is 0 Å². The van der Waals surface area contributed by atoms with E-state index in [0.717, 1.165) is 0 Å². The summed E-state index contributed by atoms with van der Waals surface area (Å²) in [6.07, 6.45) is 5.15. The average Bonchev–Trinajstić information content (AvgIpc) is 3.19. The Bertz CT molecular complexity index is 1030. The third-order valence-electron chi connectivity index (χ3n) is 6.26. The fourth-order valence-corrected chi connectivity index (χ4v) is 15.9. The predicted molar refractivity (Wildman–Crippen MR) is 140 cm³/mol. The van der Waals surface area contributed by atoms with Crippen LogP contribution >= 0.6 is 15.8 Å². The summed E-state index contributed by atoms with van der Waals surface area (Å²) in [6, 6.07) is 18.5. The van der Waals surface area contributed by atoms with Gasteiger partial charge in [-0.25, -0.2) is 0 Å². The molecular weight excluding hydrogens is 517 g/mol. The van der Waals surface area contributed by atoms with Gasteiger partial charge in [0.2, 0.25) is 0 Å². The van der Waals surface area contributed by atoms with E-state index in [1.807, 2.05) is 0 Å². The Kier molecular flexibility index (Phi) is 9.76. The minimum absolute atomic E-state index is 0. The van der Waals surface area contributed by atoms with Gasteiger partial charge in [0.1, 0.15) is 0 Å². The minimum Gasteiger partial charge on any atom is -1.00 e. The largest absolute Gasteiger partial charge is 1.00 e. The van der Waals surface area contributed by atoms with Crippen LogP contribution in [0.3, 0.4) is 0 Å². The van der Waals surface area contributed by atoms with E-state index in [1.165, 1.54) is 11.1 Å². The van der Waals surface area contributed by atoms with Gasteiger partial charge in [0.25, 0.3) is 0 Å². The first kappa shape index (κ1) is 29.3. The van der Waals surface area contributed by atoms with Crippen LogP contribution in [0, 0.1) is 0 Å². The van der Waals surface area contributed by atoms with Crippen molar-refractivity contribution in [2.75, 3.05) is 13.3 Å². The second-order valence-electron chi connectivity index (χ2n) is 11.0. The standard InChI is InChI=1S/C17H24P.C11H12P.2ClH.Ti/c1-16(2,3)18(17(4,5)6)15-11-13-9-7-8-10-14(13)12-15;1-12(2)11-7-9-5-3-4-6-10(9)8-11;;;/h7-12H,1-6H3;3-8H,1-2H3;2*1H;/q;;;;+2/p-2. The van der Waals surface area contributed by atoms with Crippen LogP contribution in [0.5, 0.6) is 0 Å². The van der Waals surface area contributed by atoms with E-state index >= 15 is 0 Å². The van der Waals surface area contributed by atoms with Crippen LogP contribution < -0.4 is 24.8 Å². The van der Waals surface area contributed by atoms with Crippen molar-refractivity contribution in [2.45, 2.75) is 60.3 Å². The van der Waals surface area contributed by atoms with Gasteiger partial charge in [-0.2, -0.15) is 0 Å². The van der Waals surface area contributed by atoms with Crippen molar-refractivity contribution in [3.63, 3.8) is 0 Å². The number of fused-ring (bicyclic) bond motifs is 2. The van der Waals surface area contributed by atoms with Crippen molar-refractivity contribution >= 4 is 28.0 Å². The molecule has 0 amide bonds. The third kappa shape index (κ3) is 5.91. The first-order valence-corrected chi connectivity index (χ1v) is 16.7. The van der Waals surface area contributed by atoms with Crippen LogP contribution in [0.1, 0.15) is 72.2 Å². The molecule has 5 heteroatoms. The van der Waals surface area contributed by atoms with Crippen LogP contribution in [0.15, 0.2) is 59.2 Å². The SMILES string of the molecule is CP(C)C1=Cc2ccccc2[CH]1[Ti+2][CH]1C(P(C(C)(C)C)C(C)(C)C)=Cc2ccccc21.[Cl-].[Cl-]. The number of hydrogen-bond acceptors (Lipinski definition) is 0. The molecule has 0 nitrogen and oxygen atoms in total. The number of rotatable bonds is 4. The Labute approximate surface area is 225 Å². The average molecular weight is 553 g/mol. The van der Waals surface area contributed by atoms with E-state index in [1.54, 1.807) is 21.8 Å². The molecule has 33 heavy (non-hydrogen) atoms. The molecule has 4 rings (SSSR count). The normalized spacial score (nSPS) is 19.2. The summed E-state index contributed by atoms with van der Waals surface area (Å²) >= 11 is -0.288. The van der Waals surface area contributed by atoms with Gasteiger partial charge in [0.05, 0.1) is 0 Å². The second-order valence-corrected chi connectivity index (χ2v) is 19.5. The molecule has 0 aromatic heterocycles. The molecule has 0 heterocycles. The zero-order valence-electron chi connectivity index (χ0n) is 21.1. The molecule has 2 atom stereocenters. The summed E-state index contributed by atoms with van der Waals surface area (Å²) in [5, 5.41) is 4.12. The first-order chi connectivity index (χ1) is 14.5. The monoisotopic (exact) mass is 552 g/mol. The maximum atomic E-state index is 2.61. The van der Waals surface area contributed by atoms with Gasteiger partial charge < -0.3 is 24.8 Å². The van der Waals surface area contributed by atoms with E-state index in [9.17, 15) is 0 Å². The number of benzene rings is 2. The van der Waals surface area contributed by atoms with Crippen molar-refractivity contribution in [1.82, 2.24) is 0 Å². The quantitative estimate of drug-likeness (QED) is 0.404. The van der Waals surface area contributed by atoms with E-state index < -0.39 is 0 Å². The van der Waals surface area contributed by atoms with E-state index in [0.29, 0.717) is 18.8 Å². The van der Waals surface area contributed by atoms with Gasteiger partial charge in [-0.3, -0.25) is 0 Å². The van der Waals surface area contributed by atoms with Crippen LogP contribution in [-0.2, 0) is 19.2 Å². The zero-order valence-corrected chi connectivity index (χ0v) is 25.9. The van der Waals surface area contributed by atoms with Crippen LogP contribution in [0.4, 0.5) is 0 Å². The molecule has 0 spiro atoms. The molecule has 0 fully saturated rings. The Balaban J connectivity index is 0.00000193. The molecule has 176 valence electrons. The fourth-order valence-electron chi connectivity index (χ4n) is 5.49. The van der Waals surface area contributed by atoms with Crippen molar-refractivity contribution in [3.05, 3.63) is 81.4 Å². The Hall–Kier alpha value is 0.0743. The number of halogens is 2. The first-order valence-electron chi connectivity index (χ1n) is 11.3. The minimum atomic E-state index is -0.288. The van der Waals surface area contributed by atoms with Crippen molar-refractivity contribution in [2.24, 2.45) is 0 Å². The van der Waals surface area contributed by atoms with E-state index in [-0.39, 0.29) is 59.8 Å². The Morgan fingerprint density at radius 3 is 1.45 bits per heavy atom. The van der Waals surface area contributed by atoms with Gasteiger partial charge in [-0.15, -0.1) is 0 Å². The summed E-state index contributed by atoms with van der Waals surface area (Å²) in [6.45, 7) is 19.7. The summed E-state index contributed by atoms with van der Waals surface area (Å²) < 4.78 is 1.32. The van der Waals surface area contributed by atoms with Gasteiger partial charge in [0, 0.05) is 0 Å². The second kappa shape index (κ2) is 11.0. The number of hydrogen-bond donors (Lipinski definition) is 0. The summed E-state index contributed by atoms with van der Waals surface area (Å²) in [5.41, 5.74) is 6.18. The molecule has 0 radical (unpaired) electrons. The third-order valence-corrected chi connectivity index (χ3v) is 15.0. The fraction of sp³-hybridized carbons (Fsp3) is 0.429. The van der Waals surface area contributed by atoms with Gasteiger partial charge >= 0.3 is 202 Å². The molecular formula is C28H36Cl2P2Ti. The van der Waals surface area contributed by atoms with Crippen LogP contribution in [0.25, 0.3) is 12.2 Å². The topological polar surface area (TPSA) is 0 Å². The van der Waals surface area contributed by atoms with Crippen LogP contribution in [0.2, 0.25) is 0 Å². The molecule has 0 saturated heterocycles. The molecule has 2 aliphatic carbocycles.